The fourth-order valence-electron chi connectivity index (χ4n) is 12.3. The first-order valence-electron chi connectivity index (χ1n) is 23.3. The molecule has 0 spiro atoms. The van der Waals surface area contributed by atoms with Crippen molar-refractivity contribution in [1.82, 2.24) is 0 Å². The van der Waals surface area contributed by atoms with E-state index in [1.807, 2.05) is 0 Å². The van der Waals surface area contributed by atoms with Gasteiger partial charge in [0.1, 0.15) is 0 Å². The summed E-state index contributed by atoms with van der Waals surface area (Å²) >= 11 is -5.72. The monoisotopic (exact) mass is 947 g/mol. The van der Waals surface area contributed by atoms with Crippen LogP contribution < -0.4 is 13.6 Å². The quantitative estimate of drug-likeness (QED) is 0.113. The number of hydrogen-bond acceptors (Lipinski definition) is 0. The van der Waals surface area contributed by atoms with E-state index in [9.17, 15) is 17.0 Å². The summed E-state index contributed by atoms with van der Waals surface area (Å²) in [5.41, 5.74) is 24.2. The van der Waals surface area contributed by atoms with E-state index in [2.05, 4.69) is 185 Å². The van der Waals surface area contributed by atoms with Gasteiger partial charge < -0.3 is 0 Å². The first kappa shape index (κ1) is 43.7. The van der Waals surface area contributed by atoms with Crippen LogP contribution in [-0.2, 0) is 29.2 Å². The Bertz CT molecular complexity index is 2670. The standard InChI is InChI=1S/2C23H27.C12H9Si.2ClH.Zr/c2*1-6-19-7-8-20-13-18(9-15(2)3)14-22(20)23(19)21-11-16(4)10-17(5)12-21;1-3-7-11-9(5-1)10-6-2-4-8-12(10)13-11;;;/h2*7-8,10-15H,6,9H2,1-5H3;1-7H,13H2;2*1H;/q;;;;;+2/p-2. The summed E-state index contributed by atoms with van der Waals surface area (Å²) in [6.07, 6.45) is 8.99. The van der Waals surface area contributed by atoms with E-state index in [4.69, 9.17) is 0 Å². The summed E-state index contributed by atoms with van der Waals surface area (Å²) in [5.74, 6) is 0.872. The van der Waals surface area contributed by atoms with Crippen molar-refractivity contribution in [3.8, 4) is 33.4 Å². The van der Waals surface area contributed by atoms with Crippen LogP contribution in [0.2, 0.25) is 0 Å². The predicted octanol–water partition coefficient (Wildman–Crippen LogP) is 14.5. The molecule has 2 aliphatic carbocycles. The Morgan fingerprint density at radius 1 is 0.548 bits per heavy atom. The third kappa shape index (κ3) is 7.19. The van der Waals surface area contributed by atoms with Crippen molar-refractivity contribution >= 4 is 52.3 Å². The zero-order valence-electron chi connectivity index (χ0n) is 38.6. The molecule has 1 aliphatic heterocycles. The Labute approximate surface area is 383 Å². The Balaban J connectivity index is 1.41. The van der Waals surface area contributed by atoms with Crippen LogP contribution in [0.5, 0.6) is 0 Å². The molecule has 0 bridgehead atoms. The predicted molar refractivity (Wildman–Crippen MR) is 273 cm³/mol. The van der Waals surface area contributed by atoms with Gasteiger partial charge in [0.2, 0.25) is 0 Å². The van der Waals surface area contributed by atoms with Gasteiger partial charge in [0, 0.05) is 0 Å². The van der Waals surface area contributed by atoms with Crippen molar-refractivity contribution in [1.29, 1.82) is 0 Å². The number of halogens is 2. The second-order valence-electron chi connectivity index (χ2n) is 20.0. The third-order valence-electron chi connectivity index (χ3n) is 14.2. The van der Waals surface area contributed by atoms with Gasteiger partial charge in [0.25, 0.3) is 0 Å². The van der Waals surface area contributed by atoms with Crippen molar-refractivity contribution in [3.05, 3.63) is 170 Å². The molecule has 0 saturated heterocycles. The zero-order valence-corrected chi connectivity index (χ0v) is 44.0. The molecule has 0 aromatic heterocycles. The van der Waals surface area contributed by atoms with Crippen LogP contribution in [0.3, 0.4) is 0 Å². The molecule has 0 nitrogen and oxygen atoms in total. The van der Waals surface area contributed by atoms with Gasteiger partial charge in [0.05, 0.1) is 0 Å². The van der Waals surface area contributed by atoms with Gasteiger partial charge in [-0.3, -0.25) is 0 Å². The number of allylic oxidation sites excluding steroid dienone is 2. The third-order valence-corrected chi connectivity index (χ3v) is 37.0. The van der Waals surface area contributed by atoms with E-state index >= 15 is 0 Å². The average Bonchev–Trinajstić information content (AvgIpc) is 3.90. The Morgan fingerprint density at radius 3 is 1.45 bits per heavy atom. The maximum atomic E-state index is 9.53. The molecule has 0 radical (unpaired) electrons. The molecule has 62 heavy (non-hydrogen) atoms. The van der Waals surface area contributed by atoms with E-state index in [1.165, 1.54) is 114 Å². The van der Waals surface area contributed by atoms with Gasteiger partial charge in [-0.1, -0.05) is 0 Å². The van der Waals surface area contributed by atoms with E-state index in [1.54, 1.807) is 0 Å². The molecule has 6 aromatic carbocycles. The van der Waals surface area contributed by atoms with Crippen molar-refractivity contribution in [2.24, 2.45) is 11.8 Å². The maximum absolute atomic E-state index is 9.53. The van der Waals surface area contributed by atoms with E-state index in [0.717, 1.165) is 25.7 Å². The van der Waals surface area contributed by atoms with Crippen molar-refractivity contribution in [2.75, 3.05) is 0 Å². The molecular formula is C58H63Cl2SiZr. The van der Waals surface area contributed by atoms with Gasteiger partial charge in [-0.05, 0) is 0 Å². The van der Waals surface area contributed by atoms with Crippen molar-refractivity contribution < 1.29 is 16.4 Å². The van der Waals surface area contributed by atoms with Gasteiger partial charge in [-0.25, -0.2) is 0 Å². The Morgan fingerprint density at radius 2 is 1.00 bits per heavy atom. The molecule has 0 amide bonds. The summed E-state index contributed by atoms with van der Waals surface area (Å²) in [6.45, 7) is 23.0. The van der Waals surface area contributed by atoms with Crippen LogP contribution in [0, 0.1) is 39.5 Å². The van der Waals surface area contributed by atoms with E-state index < -0.39 is 25.9 Å². The zero-order chi connectivity index (χ0) is 43.9. The topological polar surface area (TPSA) is 0 Å². The Hall–Kier alpha value is -3.52. The number of fused-ring (bicyclic) bond motifs is 5. The molecule has 6 aromatic rings. The average molecular weight is 950 g/mol. The molecule has 317 valence electrons. The van der Waals surface area contributed by atoms with Gasteiger partial charge in [-0.2, -0.15) is 0 Å². The molecule has 2 unspecified atom stereocenters. The van der Waals surface area contributed by atoms with Crippen LogP contribution in [-0.4, -0.2) is 9.52 Å². The first-order chi connectivity index (χ1) is 29.6. The van der Waals surface area contributed by atoms with Crippen LogP contribution in [0.1, 0.15) is 117 Å². The minimum absolute atomic E-state index is 0.0982. The van der Waals surface area contributed by atoms with E-state index in [-0.39, 0.29) is 7.25 Å². The van der Waals surface area contributed by atoms with Gasteiger partial charge in [0.15, 0.2) is 0 Å². The van der Waals surface area contributed by atoms with Crippen molar-refractivity contribution in [2.45, 2.75) is 102 Å². The fourth-order valence-corrected chi connectivity index (χ4v) is 40.1. The number of aryl methyl sites for hydroxylation is 6. The second kappa shape index (κ2) is 16.5. The fraction of sp³-hybridized carbons (Fsp3) is 0.310. The van der Waals surface area contributed by atoms with Crippen LogP contribution in [0.4, 0.5) is 0 Å². The summed E-state index contributed by atoms with van der Waals surface area (Å²) in [7, 11) is 18.2. The van der Waals surface area contributed by atoms with Crippen LogP contribution in [0.25, 0.3) is 45.5 Å². The molecule has 0 N–H and O–H groups in total. The molecule has 3 aliphatic rings. The molecule has 0 fully saturated rings. The van der Waals surface area contributed by atoms with Crippen LogP contribution >= 0.6 is 17.0 Å². The molecule has 1 heterocycles. The normalized spacial score (nSPS) is 17.5. The van der Waals surface area contributed by atoms with E-state index in [0.29, 0.717) is 11.8 Å². The molecule has 2 atom stereocenters. The first-order valence-corrected chi connectivity index (χ1v) is 35.1. The second-order valence-corrected chi connectivity index (χ2v) is 42.4. The summed E-state index contributed by atoms with van der Waals surface area (Å²) in [5, 5.41) is 2.99. The summed E-state index contributed by atoms with van der Waals surface area (Å²) in [4.78, 5) is 0. The number of rotatable bonds is 11. The van der Waals surface area contributed by atoms with Gasteiger partial charge >= 0.3 is 386 Å². The van der Waals surface area contributed by atoms with Crippen LogP contribution in [0.15, 0.2) is 114 Å². The molecule has 0 saturated carbocycles. The minimum atomic E-state index is -5.72. The number of benzene rings is 6. The summed E-state index contributed by atoms with van der Waals surface area (Å²) in [6, 6.07) is 40.1. The summed E-state index contributed by atoms with van der Waals surface area (Å²) < 4.78 is 1.12. The SMILES string of the molecule is CCc1ccc2c(c1-c1cc(C)cc(C)c1)C=C(CC(C)C)[CH]2[Zr]([Cl])([Cl])([c]1cccc2c1[SiH2]c1ccccc1-2)[CH]1C(CC(C)C)=Cc2c1ccc(CC)c2-c1cc(C)cc(C)c1. The molecule has 9 rings (SSSR count). The number of hydrogen-bond donors (Lipinski definition) is 0. The molecular weight excluding hydrogens is 887 g/mol. The van der Waals surface area contributed by atoms with Crippen molar-refractivity contribution in [3.63, 3.8) is 0 Å². The Kier molecular flexibility index (Phi) is 11.6. The molecule has 4 heteroatoms. The van der Waals surface area contributed by atoms with Gasteiger partial charge in [-0.15, -0.1) is 0 Å².